The fourth-order valence-electron chi connectivity index (χ4n) is 3.30. The van der Waals surface area contributed by atoms with Crippen molar-refractivity contribution in [3.63, 3.8) is 0 Å². The van der Waals surface area contributed by atoms with Crippen LogP contribution >= 0.6 is 0 Å². The summed E-state index contributed by atoms with van der Waals surface area (Å²) in [5.74, 6) is 3.15. The van der Waals surface area contributed by atoms with E-state index in [1.54, 1.807) is 0 Å². The second-order valence-electron chi connectivity index (χ2n) is 7.28. The van der Waals surface area contributed by atoms with Crippen LogP contribution in [0.1, 0.15) is 29.2 Å². The maximum absolute atomic E-state index is 6.02. The first-order chi connectivity index (χ1) is 14.7. The van der Waals surface area contributed by atoms with Gasteiger partial charge in [0.05, 0.1) is 6.61 Å². The Hall–Kier alpha value is -3.18. The number of benzene rings is 3. The SMILES string of the molecule is CCOc1cc(CNCc2ccc3c(c2)OCO3)ccc1OCc1ccc(C)cc1. The van der Waals surface area contributed by atoms with Crippen LogP contribution in [-0.4, -0.2) is 13.4 Å². The standard InChI is InChI=1S/C25H27NO4/c1-3-27-24-12-20(8-10-22(24)28-16-19-6-4-18(2)5-7-19)14-26-15-21-9-11-23-25(13-21)30-17-29-23/h4-13,26H,3,14-17H2,1-2H3. The lowest BCUT2D eigenvalue weighted by molar-refractivity contribution is 0.174. The summed E-state index contributed by atoms with van der Waals surface area (Å²) in [5.41, 5.74) is 4.67. The zero-order valence-electron chi connectivity index (χ0n) is 17.4. The lowest BCUT2D eigenvalue weighted by Crippen LogP contribution is -2.13. The molecule has 0 saturated carbocycles. The van der Waals surface area contributed by atoms with Crippen LogP contribution in [0.25, 0.3) is 0 Å². The molecule has 0 unspecified atom stereocenters. The van der Waals surface area contributed by atoms with Crippen LogP contribution in [0.15, 0.2) is 60.7 Å². The Bertz CT molecular complexity index is 985. The number of fused-ring (bicyclic) bond motifs is 1. The number of ether oxygens (including phenoxy) is 4. The van der Waals surface area contributed by atoms with Gasteiger partial charge in [-0.25, -0.2) is 0 Å². The van der Waals surface area contributed by atoms with Crippen molar-refractivity contribution >= 4 is 0 Å². The third-order valence-corrected chi connectivity index (χ3v) is 4.92. The second-order valence-corrected chi connectivity index (χ2v) is 7.28. The molecule has 1 aliphatic rings. The molecule has 0 amide bonds. The van der Waals surface area contributed by atoms with Gasteiger partial charge in [0.25, 0.3) is 0 Å². The monoisotopic (exact) mass is 405 g/mol. The molecule has 30 heavy (non-hydrogen) atoms. The number of hydrogen-bond acceptors (Lipinski definition) is 5. The summed E-state index contributed by atoms with van der Waals surface area (Å²) in [4.78, 5) is 0. The van der Waals surface area contributed by atoms with E-state index >= 15 is 0 Å². The number of nitrogens with one attached hydrogen (secondary N) is 1. The summed E-state index contributed by atoms with van der Waals surface area (Å²) < 4.78 is 22.6. The summed E-state index contributed by atoms with van der Waals surface area (Å²) in [6, 6.07) is 20.5. The lowest BCUT2D eigenvalue weighted by atomic mass is 10.1. The smallest absolute Gasteiger partial charge is 0.231 e. The zero-order chi connectivity index (χ0) is 20.8. The molecule has 4 rings (SSSR count). The summed E-state index contributed by atoms with van der Waals surface area (Å²) in [5, 5.41) is 3.47. The molecule has 0 fully saturated rings. The number of rotatable bonds is 9. The van der Waals surface area contributed by atoms with E-state index in [2.05, 4.69) is 42.6 Å². The Balaban J connectivity index is 1.35. The Morgan fingerprint density at radius 1 is 0.767 bits per heavy atom. The topological polar surface area (TPSA) is 49.0 Å². The molecule has 5 nitrogen and oxygen atoms in total. The van der Waals surface area contributed by atoms with Crippen molar-refractivity contribution in [3.05, 3.63) is 82.9 Å². The van der Waals surface area contributed by atoms with Gasteiger partial charge in [0, 0.05) is 13.1 Å². The van der Waals surface area contributed by atoms with Crippen LogP contribution in [-0.2, 0) is 19.7 Å². The quantitative estimate of drug-likeness (QED) is 0.543. The van der Waals surface area contributed by atoms with Gasteiger partial charge in [-0.3, -0.25) is 0 Å². The molecule has 3 aromatic carbocycles. The molecule has 0 spiro atoms. The van der Waals surface area contributed by atoms with Gasteiger partial charge in [-0.15, -0.1) is 0 Å². The fourth-order valence-corrected chi connectivity index (χ4v) is 3.30. The van der Waals surface area contributed by atoms with Crippen molar-refractivity contribution in [1.82, 2.24) is 5.32 Å². The highest BCUT2D eigenvalue weighted by molar-refractivity contribution is 5.45. The molecule has 156 valence electrons. The van der Waals surface area contributed by atoms with Crippen molar-refractivity contribution in [2.24, 2.45) is 0 Å². The van der Waals surface area contributed by atoms with Crippen molar-refractivity contribution in [3.8, 4) is 23.0 Å². The van der Waals surface area contributed by atoms with Gasteiger partial charge >= 0.3 is 0 Å². The Kier molecular flexibility index (Phi) is 6.40. The maximum Gasteiger partial charge on any atom is 0.231 e. The van der Waals surface area contributed by atoms with Gasteiger partial charge in [0.1, 0.15) is 6.61 Å². The van der Waals surface area contributed by atoms with Gasteiger partial charge in [-0.1, -0.05) is 42.0 Å². The van der Waals surface area contributed by atoms with Crippen LogP contribution in [0.3, 0.4) is 0 Å². The summed E-state index contributed by atoms with van der Waals surface area (Å²) >= 11 is 0. The van der Waals surface area contributed by atoms with E-state index in [1.807, 2.05) is 37.3 Å². The van der Waals surface area contributed by atoms with Gasteiger partial charge in [0.2, 0.25) is 6.79 Å². The van der Waals surface area contributed by atoms with Crippen molar-refractivity contribution in [1.29, 1.82) is 0 Å². The largest absolute Gasteiger partial charge is 0.490 e. The van der Waals surface area contributed by atoms with Crippen LogP contribution in [0, 0.1) is 6.92 Å². The summed E-state index contributed by atoms with van der Waals surface area (Å²) in [7, 11) is 0. The Labute approximate surface area is 177 Å². The molecule has 1 heterocycles. The van der Waals surface area contributed by atoms with Crippen LogP contribution in [0.5, 0.6) is 23.0 Å². The highest BCUT2D eigenvalue weighted by atomic mass is 16.7. The highest BCUT2D eigenvalue weighted by Crippen LogP contribution is 2.32. The lowest BCUT2D eigenvalue weighted by Gasteiger charge is -2.14. The van der Waals surface area contributed by atoms with Gasteiger partial charge in [-0.2, -0.15) is 0 Å². The average molecular weight is 405 g/mol. The summed E-state index contributed by atoms with van der Waals surface area (Å²) in [6.07, 6.45) is 0. The van der Waals surface area contributed by atoms with Crippen molar-refractivity contribution in [2.45, 2.75) is 33.5 Å². The van der Waals surface area contributed by atoms with Gasteiger partial charge in [-0.05, 0) is 54.8 Å². The van der Waals surface area contributed by atoms with Crippen LogP contribution in [0.4, 0.5) is 0 Å². The molecule has 5 heteroatoms. The molecule has 0 saturated heterocycles. The van der Waals surface area contributed by atoms with Gasteiger partial charge < -0.3 is 24.3 Å². The van der Waals surface area contributed by atoms with E-state index in [0.717, 1.165) is 52.8 Å². The molecule has 3 aromatic rings. The number of hydrogen-bond donors (Lipinski definition) is 1. The van der Waals surface area contributed by atoms with Crippen LogP contribution < -0.4 is 24.3 Å². The fraction of sp³-hybridized carbons (Fsp3) is 0.280. The first-order valence-electron chi connectivity index (χ1n) is 10.2. The van der Waals surface area contributed by atoms with E-state index < -0.39 is 0 Å². The third-order valence-electron chi connectivity index (χ3n) is 4.92. The number of aryl methyl sites for hydroxylation is 1. The first kappa shape index (κ1) is 20.1. The minimum Gasteiger partial charge on any atom is -0.490 e. The molecule has 0 aliphatic carbocycles. The predicted octanol–water partition coefficient (Wildman–Crippen LogP) is 4.99. The predicted molar refractivity (Wildman–Crippen MR) is 116 cm³/mol. The Morgan fingerprint density at radius 2 is 1.47 bits per heavy atom. The third kappa shape index (κ3) is 5.05. The van der Waals surface area contributed by atoms with E-state index in [4.69, 9.17) is 18.9 Å². The molecule has 1 N–H and O–H groups in total. The molecule has 0 radical (unpaired) electrons. The maximum atomic E-state index is 6.02. The molecular weight excluding hydrogens is 378 g/mol. The van der Waals surface area contributed by atoms with E-state index in [-0.39, 0.29) is 0 Å². The van der Waals surface area contributed by atoms with E-state index in [9.17, 15) is 0 Å². The minimum atomic E-state index is 0.296. The molecule has 1 aliphatic heterocycles. The zero-order valence-corrected chi connectivity index (χ0v) is 17.4. The first-order valence-corrected chi connectivity index (χ1v) is 10.2. The second kappa shape index (κ2) is 9.55. The highest BCUT2D eigenvalue weighted by Gasteiger charge is 2.13. The molecule has 0 bridgehead atoms. The molecule has 0 atom stereocenters. The van der Waals surface area contributed by atoms with Crippen molar-refractivity contribution < 1.29 is 18.9 Å². The molecule has 0 aromatic heterocycles. The molecular formula is C25H27NO4. The van der Waals surface area contributed by atoms with Crippen molar-refractivity contribution in [2.75, 3.05) is 13.4 Å². The van der Waals surface area contributed by atoms with Crippen LogP contribution in [0.2, 0.25) is 0 Å². The average Bonchev–Trinajstić information content (AvgIpc) is 3.22. The normalized spacial score (nSPS) is 12.1. The van der Waals surface area contributed by atoms with E-state index in [1.165, 1.54) is 5.56 Å². The minimum absolute atomic E-state index is 0.296. The van der Waals surface area contributed by atoms with Gasteiger partial charge in [0.15, 0.2) is 23.0 Å². The summed E-state index contributed by atoms with van der Waals surface area (Å²) in [6.45, 7) is 6.94. The van der Waals surface area contributed by atoms with E-state index in [0.29, 0.717) is 20.0 Å². The Morgan fingerprint density at radius 3 is 2.27 bits per heavy atom.